The molecule has 1 aromatic heterocycles. The Morgan fingerprint density at radius 2 is 1.64 bits per heavy atom. The smallest absolute Gasteiger partial charge is 0.307 e. The first-order valence-corrected chi connectivity index (χ1v) is 14.6. The molecule has 3 aromatic rings. The van der Waals surface area contributed by atoms with E-state index in [0.29, 0.717) is 23.3 Å². The number of aryl methyl sites for hydroxylation is 1. The summed E-state index contributed by atoms with van der Waals surface area (Å²) in [6.45, 7) is 4.25. The Kier molecular flexibility index (Phi) is 8.46. The van der Waals surface area contributed by atoms with Gasteiger partial charge in [0, 0.05) is 25.2 Å². The lowest BCUT2D eigenvalue weighted by molar-refractivity contribution is -0.140. The Labute approximate surface area is 212 Å². The Morgan fingerprint density at radius 1 is 1.03 bits per heavy atom. The molecule has 194 valence electrons. The minimum absolute atomic E-state index is 0.00143. The maximum absolute atomic E-state index is 12.9. The van der Waals surface area contributed by atoms with Crippen molar-refractivity contribution in [2.45, 2.75) is 36.6 Å². The highest BCUT2D eigenvalue weighted by Gasteiger charge is 2.22. The summed E-state index contributed by atoms with van der Waals surface area (Å²) < 4.78 is 57.0. The third-order valence-corrected chi connectivity index (χ3v) is 9.41. The number of ether oxygens (including phenoxy) is 1. The number of hydrogen-bond donors (Lipinski definition) is 1. The molecule has 0 saturated carbocycles. The molecule has 0 unspecified atom stereocenters. The van der Waals surface area contributed by atoms with Gasteiger partial charge >= 0.3 is 5.97 Å². The molecule has 0 atom stereocenters. The van der Waals surface area contributed by atoms with E-state index in [4.69, 9.17) is 9.88 Å². The molecule has 0 spiro atoms. The fraction of sp³-hybridized carbons (Fsp3) is 0.318. The van der Waals surface area contributed by atoms with Crippen LogP contribution in [-0.2, 0) is 36.1 Å². The molecule has 36 heavy (non-hydrogen) atoms. The van der Waals surface area contributed by atoms with Crippen LogP contribution >= 0.6 is 11.3 Å². The number of fused-ring (bicyclic) bond motifs is 1. The summed E-state index contributed by atoms with van der Waals surface area (Å²) >= 11 is 1.05. The number of amides is 1. The number of methoxy groups -OCH3 is 1. The highest BCUT2D eigenvalue weighted by Crippen LogP contribution is 2.22. The van der Waals surface area contributed by atoms with Crippen LogP contribution in [0.25, 0.3) is 10.2 Å². The van der Waals surface area contributed by atoms with Crippen molar-refractivity contribution >= 4 is 53.5 Å². The van der Waals surface area contributed by atoms with Crippen LogP contribution in [0.2, 0.25) is 0 Å². The van der Waals surface area contributed by atoms with E-state index < -0.39 is 31.9 Å². The molecule has 2 N–H and O–H groups in total. The van der Waals surface area contributed by atoms with Gasteiger partial charge in [0.05, 0.1) is 33.5 Å². The van der Waals surface area contributed by atoms with Crippen molar-refractivity contribution in [3.05, 3.63) is 52.8 Å². The standard InChI is InChI=1S/C22H26N4O7S3/c1-4-25(5-2)36(31,32)16-8-6-15(7-9-16)21(28)24-22-26(13-12-20(27)33-3)18-11-10-17(35(23,29)30)14-19(18)34-22/h6-11,14H,4-5,12-13H2,1-3H3,(H2,23,29,30). The zero-order valence-corrected chi connectivity index (χ0v) is 22.3. The first-order chi connectivity index (χ1) is 16.9. The van der Waals surface area contributed by atoms with Crippen molar-refractivity contribution in [1.29, 1.82) is 0 Å². The number of benzene rings is 2. The van der Waals surface area contributed by atoms with Crippen molar-refractivity contribution in [1.82, 2.24) is 8.87 Å². The van der Waals surface area contributed by atoms with Crippen LogP contribution < -0.4 is 9.94 Å². The lowest BCUT2D eigenvalue weighted by Crippen LogP contribution is -2.30. The average Bonchev–Trinajstić information content (AvgIpc) is 3.18. The molecule has 3 rings (SSSR count). The molecule has 0 fully saturated rings. The molecule has 14 heteroatoms. The highest BCUT2D eigenvalue weighted by atomic mass is 32.2. The molecule has 0 aliphatic heterocycles. The van der Waals surface area contributed by atoms with E-state index in [1.807, 2.05) is 0 Å². The Balaban J connectivity index is 2.05. The monoisotopic (exact) mass is 554 g/mol. The van der Waals surface area contributed by atoms with Gasteiger partial charge in [-0.3, -0.25) is 9.59 Å². The topological polar surface area (TPSA) is 158 Å². The van der Waals surface area contributed by atoms with Gasteiger partial charge in [0.15, 0.2) is 4.80 Å². The number of rotatable bonds is 9. The number of primary sulfonamides is 1. The number of carbonyl (C=O) groups is 2. The second kappa shape index (κ2) is 11.0. The number of sulfonamides is 2. The molecule has 0 aliphatic carbocycles. The van der Waals surface area contributed by atoms with E-state index in [1.54, 1.807) is 18.4 Å². The molecular formula is C22H26N4O7S3. The fourth-order valence-corrected chi connectivity index (χ4v) is 6.64. The number of carbonyl (C=O) groups excluding carboxylic acids is 2. The predicted molar refractivity (Wildman–Crippen MR) is 134 cm³/mol. The lowest BCUT2D eigenvalue weighted by atomic mass is 10.2. The third kappa shape index (κ3) is 5.90. The second-order valence-electron chi connectivity index (χ2n) is 7.57. The molecular weight excluding hydrogens is 528 g/mol. The summed E-state index contributed by atoms with van der Waals surface area (Å²) in [5.74, 6) is -1.10. The molecule has 0 bridgehead atoms. The summed E-state index contributed by atoms with van der Waals surface area (Å²) in [5, 5.41) is 5.23. The summed E-state index contributed by atoms with van der Waals surface area (Å²) in [7, 11) is -6.36. The summed E-state index contributed by atoms with van der Waals surface area (Å²) in [4.78, 5) is 29.0. The van der Waals surface area contributed by atoms with Gasteiger partial charge in [-0.25, -0.2) is 22.0 Å². The molecule has 1 amide bonds. The van der Waals surface area contributed by atoms with Crippen molar-refractivity contribution in [2.75, 3.05) is 20.2 Å². The molecule has 0 radical (unpaired) electrons. The van der Waals surface area contributed by atoms with Crippen LogP contribution in [0.3, 0.4) is 0 Å². The normalized spacial score (nSPS) is 12.9. The quantitative estimate of drug-likeness (QED) is 0.394. The van der Waals surface area contributed by atoms with Crippen molar-refractivity contribution in [3.63, 3.8) is 0 Å². The van der Waals surface area contributed by atoms with Crippen LogP contribution in [0, 0.1) is 0 Å². The number of nitrogens with two attached hydrogens (primary N) is 1. The minimum atomic E-state index is -3.95. The summed E-state index contributed by atoms with van der Waals surface area (Å²) in [6, 6.07) is 9.70. The van der Waals surface area contributed by atoms with Gasteiger partial charge in [-0.1, -0.05) is 25.2 Å². The number of thiazole rings is 1. The van der Waals surface area contributed by atoms with E-state index in [2.05, 4.69) is 4.99 Å². The van der Waals surface area contributed by atoms with Gasteiger partial charge in [-0.2, -0.15) is 9.30 Å². The molecule has 2 aromatic carbocycles. The minimum Gasteiger partial charge on any atom is -0.469 e. The molecule has 0 aliphatic rings. The largest absolute Gasteiger partial charge is 0.469 e. The summed E-state index contributed by atoms with van der Waals surface area (Å²) in [6.07, 6.45) is -0.00143. The second-order valence-corrected chi connectivity index (χ2v) is 12.1. The number of hydrogen-bond acceptors (Lipinski definition) is 8. The average molecular weight is 555 g/mol. The SMILES string of the molecule is CCN(CC)S(=O)(=O)c1ccc(C(=O)N=c2sc3cc(S(N)(=O)=O)ccc3n2CCC(=O)OC)cc1. The highest BCUT2D eigenvalue weighted by molar-refractivity contribution is 7.89. The first-order valence-electron chi connectivity index (χ1n) is 10.8. The van der Waals surface area contributed by atoms with Crippen LogP contribution in [0.4, 0.5) is 0 Å². The Bertz CT molecular complexity index is 1570. The summed E-state index contributed by atoms with van der Waals surface area (Å²) in [5.41, 5.74) is 0.721. The van der Waals surface area contributed by atoms with Gasteiger partial charge < -0.3 is 9.30 Å². The van der Waals surface area contributed by atoms with Crippen LogP contribution in [0.1, 0.15) is 30.6 Å². The number of esters is 1. The van der Waals surface area contributed by atoms with Crippen molar-refractivity contribution in [2.24, 2.45) is 10.1 Å². The van der Waals surface area contributed by atoms with E-state index in [-0.39, 0.29) is 33.1 Å². The molecule has 11 nitrogen and oxygen atoms in total. The van der Waals surface area contributed by atoms with Gasteiger partial charge in [-0.05, 0) is 42.5 Å². The number of aromatic nitrogens is 1. The van der Waals surface area contributed by atoms with E-state index in [0.717, 1.165) is 11.3 Å². The van der Waals surface area contributed by atoms with Crippen LogP contribution in [0.15, 0.2) is 57.2 Å². The fourth-order valence-electron chi connectivity index (χ4n) is 3.47. The number of nitrogens with zero attached hydrogens (tertiary/aromatic N) is 3. The lowest BCUT2D eigenvalue weighted by Gasteiger charge is -2.18. The van der Waals surface area contributed by atoms with Crippen molar-refractivity contribution < 1.29 is 31.2 Å². The van der Waals surface area contributed by atoms with Gasteiger partial charge in [-0.15, -0.1) is 0 Å². The zero-order chi connectivity index (χ0) is 26.7. The van der Waals surface area contributed by atoms with Gasteiger partial charge in [0.25, 0.3) is 5.91 Å². The van der Waals surface area contributed by atoms with Gasteiger partial charge in [0.1, 0.15) is 0 Å². The first kappa shape index (κ1) is 27.7. The molecule has 0 saturated heterocycles. The van der Waals surface area contributed by atoms with Crippen LogP contribution in [-0.4, -0.2) is 57.8 Å². The van der Waals surface area contributed by atoms with Gasteiger partial charge in [0.2, 0.25) is 20.0 Å². The molecule has 1 heterocycles. The zero-order valence-electron chi connectivity index (χ0n) is 19.9. The maximum Gasteiger partial charge on any atom is 0.307 e. The Hall–Kier alpha value is -2.91. The van der Waals surface area contributed by atoms with E-state index in [1.165, 1.54) is 53.9 Å². The van der Waals surface area contributed by atoms with E-state index >= 15 is 0 Å². The van der Waals surface area contributed by atoms with Crippen molar-refractivity contribution in [3.8, 4) is 0 Å². The van der Waals surface area contributed by atoms with Crippen LogP contribution in [0.5, 0.6) is 0 Å². The maximum atomic E-state index is 12.9. The third-order valence-electron chi connectivity index (χ3n) is 5.39. The predicted octanol–water partition coefficient (Wildman–Crippen LogP) is 1.68. The Morgan fingerprint density at radius 3 is 2.19 bits per heavy atom. The van der Waals surface area contributed by atoms with E-state index in [9.17, 15) is 26.4 Å².